The summed E-state index contributed by atoms with van der Waals surface area (Å²) in [5.74, 6) is -0.362. The summed E-state index contributed by atoms with van der Waals surface area (Å²) in [6.45, 7) is 2.13. The molecule has 106 valence electrons. The highest BCUT2D eigenvalue weighted by molar-refractivity contribution is 5.90. The van der Waals surface area contributed by atoms with E-state index in [0.717, 1.165) is 24.1 Å². The third kappa shape index (κ3) is 4.76. The predicted octanol–water partition coefficient (Wildman–Crippen LogP) is 2.55. The van der Waals surface area contributed by atoms with Gasteiger partial charge in [-0.1, -0.05) is 12.1 Å². The Hall–Kier alpha value is -2.30. The Balaban J connectivity index is 1.85. The summed E-state index contributed by atoms with van der Waals surface area (Å²) < 4.78 is 4.79. The van der Waals surface area contributed by atoms with Gasteiger partial charge in [0.2, 0.25) is 0 Å². The normalized spacial score (nSPS) is 14.1. The van der Waals surface area contributed by atoms with Crippen LogP contribution in [-0.2, 0) is 9.53 Å². The second-order valence-electron chi connectivity index (χ2n) is 4.58. The van der Waals surface area contributed by atoms with Gasteiger partial charge in [0, 0.05) is 17.8 Å². The third-order valence-electron chi connectivity index (χ3n) is 2.78. The summed E-state index contributed by atoms with van der Waals surface area (Å²) in [7, 11) is 0. The van der Waals surface area contributed by atoms with Crippen LogP contribution >= 0.6 is 0 Å². The molecule has 20 heavy (non-hydrogen) atoms. The van der Waals surface area contributed by atoms with Crippen molar-refractivity contribution in [3.05, 3.63) is 35.9 Å². The molecule has 0 aliphatic heterocycles. The van der Waals surface area contributed by atoms with Crippen molar-refractivity contribution in [2.45, 2.75) is 25.8 Å². The Bertz CT molecular complexity index is 504. The van der Waals surface area contributed by atoms with Crippen molar-refractivity contribution in [2.75, 3.05) is 11.9 Å². The van der Waals surface area contributed by atoms with Gasteiger partial charge in [-0.2, -0.15) is 0 Å². The molecule has 0 unspecified atom stereocenters. The number of esters is 1. The van der Waals surface area contributed by atoms with Crippen LogP contribution in [0.3, 0.4) is 0 Å². The largest absolute Gasteiger partial charge is 0.463 e. The molecule has 1 saturated carbocycles. The minimum absolute atomic E-state index is 0.178. The van der Waals surface area contributed by atoms with E-state index in [2.05, 4.69) is 10.6 Å². The van der Waals surface area contributed by atoms with Gasteiger partial charge >= 0.3 is 12.0 Å². The molecule has 2 rings (SSSR count). The van der Waals surface area contributed by atoms with Crippen LogP contribution in [0.1, 0.15) is 25.3 Å². The van der Waals surface area contributed by atoms with Crippen LogP contribution in [0.25, 0.3) is 6.08 Å². The molecule has 0 aromatic heterocycles. The molecule has 1 aliphatic rings. The minimum atomic E-state index is -0.362. The fourth-order valence-electron chi connectivity index (χ4n) is 1.61. The summed E-state index contributed by atoms with van der Waals surface area (Å²) in [5, 5.41) is 5.61. The lowest BCUT2D eigenvalue weighted by atomic mass is 10.2. The number of urea groups is 1. The average molecular weight is 274 g/mol. The number of ether oxygens (including phenoxy) is 1. The molecule has 1 fully saturated rings. The number of carbonyl (C=O) groups excluding carboxylic acids is 2. The first-order valence-corrected chi connectivity index (χ1v) is 6.70. The van der Waals surface area contributed by atoms with E-state index in [1.54, 1.807) is 25.1 Å². The number of nitrogens with one attached hydrogen (secondary N) is 2. The molecule has 0 spiro atoms. The van der Waals surface area contributed by atoms with Crippen LogP contribution in [-0.4, -0.2) is 24.6 Å². The molecule has 1 aromatic rings. The summed E-state index contributed by atoms with van der Waals surface area (Å²) in [6.07, 6.45) is 5.17. The molecular formula is C15H18N2O3. The summed E-state index contributed by atoms with van der Waals surface area (Å²) in [4.78, 5) is 22.7. The molecule has 1 aliphatic carbocycles. The fourth-order valence-corrected chi connectivity index (χ4v) is 1.61. The molecule has 2 amide bonds. The van der Waals surface area contributed by atoms with Crippen LogP contribution in [0.15, 0.2) is 30.3 Å². The highest BCUT2D eigenvalue weighted by Gasteiger charge is 2.22. The smallest absolute Gasteiger partial charge is 0.330 e. The Kier molecular flexibility index (Phi) is 4.76. The molecular weight excluding hydrogens is 256 g/mol. The maximum atomic E-state index is 11.5. The zero-order chi connectivity index (χ0) is 14.4. The number of anilines is 1. The zero-order valence-corrected chi connectivity index (χ0v) is 11.4. The Labute approximate surface area is 118 Å². The molecule has 0 radical (unpaired) electrons. The fraction of sp³-hybridized carbons (Fsp3) is 0.333. The van der Waals surface area contributed by atoms with Crippen LogP contribution in [0.4, 0.5) is 10.5 Å². The van der Waals surface area contributed by atoms with Gasteiger partial charge in [-0.05, 0) is 43.5 Å². The van der Waals surface area contributed by atoms with Crippen molar-refractivity contribution < 1.29 is 14.3 Å². The van der Waals surface area contributed by atoms with Crippen LogP contribution in [0.5, 0.6) is 0 Å². The first kappa shape index (κ1) is 14.1. The number of hydrogen-bond donors (Lipinski definition) is 2. The number of hydrogen-bond acceptors (Lipinski definition) is 3. The van der Waals surface area contributed by atoms with Gasteiger partial charge in [0.15, 0.2) is 0 Å². The van der Waals surface area contributed by atoms with Gasteiger partial charge in [-0.25, -0.2) is 9.59 Å². The minimum Gasteiger partial charge on any atom is -0.463 e. The summed E-state index contributed by atoms with van der Waals surface area (Å²) >= 11 is 0. The van der Waals surface area contributed by atoms with Gasteiger partial charge in [0.1, 0.15) is 0 Å². The second-order valence-corrected chi connectivity index (χ2v) is 4.58. The van der Waals surface area contributed by atoms with E-state index in [0.29, 0.717) is 12.6 Å². The monoisotopic (exact) mass is 274 g/mol. The highest BCUT2D eigenvalue weighted by Crippen LogP contribution is 2.19. The lowest BCUT2D eigenvalue weighted by molar-refractivity contribution is -0.137. The average Bonchev–Trinajstić information content (AvgIpc) is 3.22. The van der Waals surface area contributed by atoms with E-state index in [9.17, 15) is 9.59 Å². The second kappa shape index (κ2) is 6.75. The zero-order valence-electron chi connectivity index (χ0n) is 11.4. The molecule has 0 saturated heterocycles. The van der Waals surface area contributed by atoms with Crippen molar-refractivity contribution in [2.24, 2.45) is 0 Å². The predicted molar refractivity (Wildman–Crippen MR) is 77.3 cm³/mol. The highest BCUT2D eigenvalue weighted by atomic mass is 16.5. The van der Waals surface area contributed by atoms with Gasteiger partial charge in [0.05, 0.1) is 6.61 Å². The van der Waals surface area contributed by atoms with E-state index in [1.165, 1.54) is 6.08 Å². The summed E-state index contributed by atoms with van der Waals surface area (Å²) in [6, 6.07) is 7.38. The maximum Gasteiger partial charge on any atom is 0.330 e. The van der Waals surface area contributed by atoms with E-state index in [4.69, 9.17) is 4.74 Å². The van der Waals surface area contributed by atoms with Crippen LogP contribution in [0, 0.1) is 0 Å². The van der Waals surface area contributed by atoms with E-state index in [1.807, 2.05) is 12.1 Å². The topological polar surface area (TPSA) is 67.4 Å². The molecule has 2 N–H and O–H groups in total. The van der Waals surface area contributed by atoms with Crippen molar-refractivity contribution in [3.8, 4) is 0 Å². The molecule has 0 bridgehead atoms. The number of carbonyl (C=O) groups is 2. The SMILES string of the molecule is CCOC(=O)/C=C\c1ccc(NC(=O)NC2CC2)cc1. The first-order valence-electron chi connectivity index (χ1n) is 6.70. The van der Waals surface area contributed by atoms with Crippen molar-refractivity contribution in [1.29, 1.82) is 0 Å². The van der Waals surface area contributed by atoms with Crippen molar-refractivity contribution >= 4 is 23.8 Å². The number of rotatable bonds is 5. The Morgan fingerprint density at radius 1 is 1.30 bits per heavy atom. The maximum absolute atomic E-state index is 11.5. The van der Waals surface area contributed by atoms with Gasteiger partial charge in [-0.15, -0.1) is 0 Å². The molecule has 5 heteroatoms. The van der Waals surface area contributed by atoms with Crippen molar-refractivity contribution in [3.63, 3.8) is 0 Å². The Morgan fingerprint density at radius 2 is 2.00 bits per heavy atom. The first-order chi connectivity index (χ1) is 9.67. The van der Waals surface area contributed by atoms with E-state index < -0.39 is 0 Å². The Morgan fingerprint density at radius 3 is 2.60 bits per heavy atom. The number of amides is 2. The quantitative estimate of drug-likeness (QED) is 0.640. The molecule has 1 aromatic carbocycles. The number of benzene rings is 1. The van der Waals surface area contributed by atoms with E-state index >= 15 is 0 Å². The third-order valence-corrected chi connectivity index (χ3v) is 2.78. The molecule has 0 atom stereocenters. The standard InChI is InChI=1S/C15H18N2O3/c1-2-20-14(18)10-5-11-3-6-12(7-4-11)16-15(19)17-13-8-9-13/h3-7,10,13H,2,8-9H2,1H3,(H2,16,17,19)/b10-5-. The van der Waals surface area contributed by atoms with E-state index in [-0.39, 0.29) is 12.0 Å². The molecule has 5 nitrogen and oxygen atoms in total. The van der Waals surface area contributed by atoms with Crippen LogP contribution < -0.4 is 10.6 Å². The van der Waals surface area contributed by atoms with Crippen LogP contribution in [0.2, 0.25) is 0 Å². The lowest BCUT2D eigenvalue weighted by Gasteiger charge is -2.06. The van der Waals surface area contributed by atoms with Crippen molar-refractivity contribution in [1.82, 2.24) is 5.32 Å². The lowest BCUT2D eigenvalue weighted by Crippen LogP contribution is -2.30. The van der Waals surface area contributed by atoms with Gasteiger partial charge in [-0.3, -0.25) is 0 Å². The van der Waals surface area contributed by atoms with Gasteiger partial charge in [0.25, 0.3) is 0 Å². The van der Waals surface area contributed by atoms with Gasteiger partial charge < -0.3 is 15.4 Å². The molecule has 0 heterocycles. The summed E-state index contributed by atoms with van der Waals surface area (Å²) in [5.41, 5.74) is 1.59.